The van der Waals surface area contributed by atoms with Gasteiger partial charge in [-0.05, 0) is 43.8 Å². The third-order valence-electron chi connectivity index (χ3n) is 4.53. The van der Waals surface area contributed by atoms with Crippen LogP contribution in [0.3, 0.4) is 0 Å². The van der Waals surface area contributed by atoms with Gasteiger partial charge in [0.05, 0.1) is 12.5 Å². The van der Waals surface area contributed by atoms with Crippen LogP contribution in [0.1, 0.15) is 37.3 Å². The van der Waals surface area contributed by atoms with Gasteiger partial charge in [0.15, 0.2) is 0 Å². The SMILES string of the molecule is N#CCC(NCC1CCN(C2CC2)C1)c1ccccc1. The van der Waals surface area contributed by atoms with Crippen LogP contribution < -0.4 is 5.32 Å². The summed E-state index contributed by atoms with van der Waals surface area (Å²) >= 11 is 0. The number of nitrogens with zero attached hydrogens (tertiary/aromatic N) is 2. The molecular formula is C17H23N3. The molecule has 3 rings (SSSR count). The first-order chi connectivity index (χ1) is 9.86. The minimum atomic E-state index is 0.177. The number of likely N-dealkylation sites (tertiary alicyclic amines) is 1. The van der Waals surface area contributed by atoms with Crippen molar-refractivity contribution in [3.63, 3.8) is 0 Å². The number of rotatable bonds is 6. The normalized spacial score (nSPS) is 24.4. The summed E-state index contributed by atoms with van der Waals surface area (Å²) in [6, 6.07) is 13.7. The van der Waals surface area contributed by atoms with Crippen LogP contribution in [0.5, 0.6) is 0 Å². The Kier molecular flexibility index (Phi) is 4.34. The van der Waals surface area contributed by atoms with E-state index in [4.69, 9.17) is 5.26 Å². The van der Waals surface area contributed by atoms with Gasteiger partial charge in [-0.1, -0.05) is 30.3 Å². The summed E-state index contributed by atoms with van der Waals surface area (Å²) in [5, 5.41) is 12.6. The smallest absolute Gasteiger partial charge is 0.0641 e. The van der Waals surface area contributed by atoms with Crippen LogP contribution in [0.25, 0.3) is 0 Å². The minimum absolute atomic E-state index is 0.177. The molecule has 0 spiro atoms. The second-order valence-corrected chi connectivity index (χ2v) is 6.11. The summed E-state index contributed by atoms with van der Waals surface area (Å²) in [5.41, 5.74) is 1.23. The Hall–Kier alpha value is -1.37. The number of benzene rings is 1. The van der Waals surface area contributed by atoms with Gasteiger partial charge in [-0.3, -0.25) is 0 Å². The van der Waals surface area contributed by atoms with Crippen molar-refractivity contribution < 1.29 is 0 Å². The third kappa shape index (κ3) is 3.39. The summed E-state index contributed by atoms with van der Waals surface area (Å²) in [6.07, 6.45) is 4.66. The Morgan fingerprint density at radius 1 is 1.25 bits per heavy atom. The molecule has 1 aliphatic heterocycles. The van der Waals surface area contributed by atoms with Crippen LogP contribution in [0.2, 0.25) is 0 Å². The number of nitrogens with one attached hydrogen (secondary N) is 1. The van der Waals surface area contributed by atoms with Gasteiger partial charge in [-0.15, -0.1) is 0 Å². The third-order valence-corrected chi connectivity index (χ3v) is 4.53. The van der Waals surface area contributed by atoms with Crippen molar-refractivity contribution >= 4 is 0 Å². The molecule has 1 saturated heterocycles. The fraction of sp³-hybridized carbons (Fsp3) is 0.588. The van der Waals surface area contributed by atoms with E-state index in [1.54, 1.807) is 0 Å². The molecule has 1 N–H and O–H groups in total. The second kappa shape index (κ2) is 6.39. The van der Waals surface area contributed by atoms with E-state index in [1.807, 2.05) is 18.2 Å². The van der Waals surface area contributed by atoms with Gasteiger partial charge in [-0.2, -0.15) is 5.26 Å². The Bertz CT molecular complexity index is 461. The average Bonchev–Trinajstić information content (AvgIpc) is 3.24. The van der Waals surface area contributed by atoms with Crippen LogP contribution >= 0.6 is 0 Å². The van der Waals surface area contributed by atoms with Crippen LogP contribution in [-0.2, 0) is 0 Å². The van der Waals surface area contributed by atoms with Gasteiger partial charge in [0.25, 0.3) is 0 Å². The average molecular weight is 269 g/mol. The van der Waals surface area contributed by atoms with Gasteiger partial charge in [0, 0.05) is 18.6 Å². The topological polar surface area (TPSA) is 39.1 Å². The van der Waals surface area contributed by atoms with Gasteiger partial charge in [-0.25, -0.2) is 0 Å². The molecule has 1 aliphatic carbocycles. The predicted molar refractivity (Wildman–Crippen MR) is 80.1 cm³/mol. The lowest BCUT2D eigenvalue weighted by Crippen LogP contribution is -2.30. The van der Waals surface area contributed by atoms with Crippen molar-refractivity contribution in [3.05, 3.63) is 35.9 Å². The van der Waals surface area contributed by atoms with Crippen LogP contribution in [0.15, 0.2) is 30.3 Å². The van der Waals surface area contributed by atoms with E-state index in [1.165, 1.54) is 37.9 Å². The van der Waals surface area contributed by atoms with E-state index >= 15 is 0 Å². The highest BCUT2D eigenvalue weighted by Crippen LogP contribution is 2.31. The number of hydrogen-bond acceptors (Lipinski definition) is 3. The first kappa shape index (κ1) is 13.6. The van der Waals surface area contributed by atoms with Crippen molar-refractivity contribution in [3.8, 4) is 6.07 Å². The summed E-state index contributed by atoms with van der Waals surface area (Å²) in [5.74, 6) is 0.750. The lowest BCUT2D eigenvalue weighted by atomic mass is 10.0. The number of nitriles is 1. The maximum atomic E-state index is 9.01. The van der Waals surface area contributed by atoms with E-state index in [9.17, 15) is 0 Å². The number of hydrogen-bond donors (Lipinski definition) is 1. The highest BCUT2D eigenvalue weighted by Gasteiger charge is 2.34. The first-order valence-corrected chi connectivity index (χ1v) is 7.76. The summed E-state index contributed by atoms with van der Waals surface area (Å²) in [4.78, 5) is 2.65. The van der Waals surface area contributed by atoms with E-state index in [-0.39, 0.29) is 6.04 Å². The quantitative estimate of drug-likeness (QED) is 0.863. The Morgan fingerprint density at radius 3 is 2.75 bits per heavy atom. The Labute approximate surface area is 121 Å². The minimum Gasteiger partial charge on any atom is -0.309 e. The fourth-order valence-corrected chi connectivity index (χ4v) is 3.19. The van der Waals surface area contributed by atoms with Gasteiger partial charge in [0.1, 0.15) is 0 Å². The lowest BCUT2D eigenvalue weighted by Gasteiger charge is -2.20. The van der Waals surface area contributed by atoms with E-state index in [0.29, 0.717) is 6.42 Å². The zero-order valence-electron chi connectivity index (χ0n) is 12.0. The van der Waals surface area contributed by atoms with E-state index in [2.05, 4.69) is 28.4 Å². The molecule has 1 aromatic rings. The molecule has 0 aromatic heterocycles. The van der Waals surface area contributed by atoms with Crippen molar-refractivity contribution in [1.29, 1.82) is 5.26 Å². The fourth-order valence-electron chi connectivity index (χ4n) is 3.19. The van der Waals surface area contributed by atoms with Crippen molar-refractivity contribution in [2.24, 2.45) is 5.92 Å². The molecule has 2 unspecified atom stereocenters. The Morgan fingerprint density at radius 2 is 2.05 bits per heavy atom. The molecule has 0 bridgehead atoms. The zero-order chi connectivity index (χ0) is 13.8. The molecule has 2 fully saturated rings. The van der Waals surface area contributed by atoms with Crippen molar-refractivity contribution in [2.45, 2.75) is 37.8 Å². The Balaban J connectivity index is 1.51. The standard InChI is InChI=1S/C17H23N3/c18-10-8-17(15-4-2-1-3-5-15)19-12-14-9-11-20(13-14)16-6-7-16/h1-5,14,16-17,19H,6-9,11-13H2. The summed E-state index contributed by atoms with van der Waals surface area (Å²) in [7, 11) is 0. The molecule has 3 heteroatoms. The van der Waals surface area contributed by atoms with Crippen LogP contribution in [0, 0.1) is 17.2 Å². The molecule has 1 aromatic carbocycles. The molecule has 0 amide bonds. The molecule has 0 radical (unpaired) electrons. The molecule has 20 heavy (non-hydrogen) atoms. The van der Waals surface area contributed by atoms with E-state index in [0.717, 1.165) is 18.5 Å². The maximum Gasteiger partial charge on any atom is 0.0641 e. The van der Waals surface area contributed by atoms with Gasteiger partial charge < -0.3 is 10.2 Å². The molecule has 1 saturated carbocycles. The second-order valence-electron chi connectivity index (χ2n) is 6.11. The molecule has 2 atom stereocenters. The first-order valence-electron chi connectivity index (χ1n) is 7.76. The molecule has 106 valence electrons. The van der Waals surface area contributed by atoms with Crippen molar-refractivity contribution in [2.75, 3.05) is 19.6 Å². The van der Waals surface area contributed by atoms with Gasteiger partial charge in [0.2, 0.25) is 0 Å². The highest BCUT2D eigenvalue weighted by molar-refractivity contribution is 5.19. The molecule has 1 heterocycles. The summed E-state index contributed by atoms with van der Waals surface area (Å²) in [6.45, 7) is 3.54. The van der Waals surface area contributed by atoms with Crippen LogP contribution in [0.4, 0.5) is 0 Å². The monoisotopic (exact) mass is 269 g/mol. The largest absolute Gasteiger partial charge is 0.309 e. The van der Waals surface area contributed by atoms with Crippen LogP contribution in [-0.4, -0.2) is 30.6 Å². The zero-order valence-corrected chi connectivity index (χ0v) is 12.0. The van der Waals surface area contributed by atoms with Gasteiger partial charge >= 0.3 is 0 Å². The molecule has 3 nitrogen and oxygen atoms in total. The molecular weight excluding hydrogens is 246 g/mol. The highest BCUT2D eigenvalue weighted by atomic mass is 15.2. The predicted octanol–water partition coefficient (Wildman–Crippen LogP) is 2.72. The lowest BCUT2D eigenvalue weighted by molar-refractivity contribution is 0.309. The van der Waals surface area contributed by atoms with Crippen molar-refractivity contribution in [1.82, 2.24) is 10.2 Å². The van der Waals surface area contributed by atoms with E-state index < -0.39 is 0 Å². The maximum absolute atomic E-state index is 9.01. The molecule has 2 aliphatic rings. The summed E-state index contributed by atoms with van der Waals surface area (Å²) < 4.78 is 0.